The standard InChI is InChI=1S/C27H35NO4/c1-17(29)31-20-9-12-26(3)23-10-11-25(2)18(14-19-6-4-5-13-28(19)30)7-8-22(25)21(23)15-24-27(26,16-20)32-24/h4-6,13-14,20-24H,7-12,15-16H2,1-3H3/b18-14+/t20-,21-,22-,23-,24+,25+,26+,27+/m0/s1. The maximum atomic E-state index is 12.3. The molecule has 5 fully saturated rings. The fourth-order valence-corrected chi connectivity index (χ4v) is 8.79. The third-order valence-corrected chi connectivity index (χ3v) is 10.4. The molecule has 0 amide bonds. The van der Waals surface area contributed by atoms with Gasteiger partial charge in [0, 0.05) is 37.0 Å². The van der Waals surface area contributed by atoms with Crippen molar-refractivity contribution in [1.82, 2.24) is 0 Å². The van der Waals surface area contributed by atoms with Crippen LogP contribution >= 0.6 is 0 Å². The summed E-state index contributed by atoms with van der Waals surface area (Å²) < 4.78 is 13.2. The van der Waals surface area contributed by atoms with Crippen molar-refractivity contribution >= 4 is 12.0 Å². The zero-order chi connectivity index (χ0) is 22.3. The number of fused-ring (bicyclic) bond motifs is 4. The van der Waals surface area contributed by atoms with E-state index in [4.69, 9.17) is 9.47 Å². The van der Waals surface area contributed by atoms with Crippen molar-refractivity contribution in [3.63, 3.8) is 0 Å². The number of carbonyl (C=O) groups excluding carboxylic acids is 1. The molecule has 2 heterocycles. The van der Waals surface area contributed by atoms with Gasteiger partial charge in [0.2, 0.25) is 5.69 Å². The first-order valence-electron chi connectivity index (χ1n) is 12.5. The number of nitrogens with zero attached hydrogens (tertiary/aromatic N) is 1. The second-order valence-electron chi connectivity index (χ2n) is 11.6. The number of allylic oxidation sites excluding steroid dienone is 1. The van der Waals surface area contributed by atoms with Crippen LogP contribution in [0, 0.1) is 33.8 Å². The quantitative estimate of drug-likeness (QED) is 0.288. The smallest absolute Gasteiger partial charge is 0.302 e. The molecule has 1 spiro atoms. The number of rotatable bonds is 2. The van der Waals surface area contributed by atoms with Crippen molar-refractivity contribution in [1.29, 1.82) is 0 Å². The Hall–Kier alpha value is -1.88. The third-order valence-electron chi connectivity index (χ3n) is 10.4. The molecule has 8 atom stereocenters. The monoisotopic (exact) mass is 437 g/mol. The van der Waals surface area contributed by atoms with E-state index >= 15 is 0 Å². The van der Waals surface area contributed by atoms with Crippen LogP contribution in [0.2, 0.25) is 0 Å². The Morgan fingerprint density at radius 1 is 1.22 bits per heavy atom. The van der Waals surface area contributed by atoms with Crippen molar-refractivity contribution in [2.24, 2.45) is 28.6 Å². The Kier molecular flexibility index (Phi) is 4.41. The van der Waals surface area contributed by atoms with Gasteiger partial charge in [-0.2, -0.15) is 4.73 Å². The van der Waals surface area contributed by atoms with Crippen molar-refractivity contribution in [3.05, 3.63) is 40.9 Å². The van der Waals surface area contributed by atoms with E-state index in [9.17, 15) is 10.0 Å². The molecule has 172 valence electrons. The van der Waals surface area contributed by atoms with Gasteiger partial charge in [-0.1, -0.05) is 19.4 Å². The number of carbonyl (C=O) groups is 1. The second kappa shape index (κ2) is 6.82. The lowest BCUT2D eigenvalue weighted by molar-refractivity contribution is -0.607. The van der Waals surface area contributed by atoms with Crippen LogP contribution in [0.1, 0.15) is 77.8 Å². The average Bonchev–Trinajstić information content (AvgIpc) is 3.34. The summed E-state index contributed by atoms with van der Waals surface area (Å²) in [7, 11) is 0. The Bertz CT molecular complexity index is 990. The molecule has 0 aromatic carbocycles. The average molecular weight is 438 g/mol. The van der Waals surface area contributed by atoms with Crippen LogP contribution in [-0.2, 0) is 14.3 Å². The van der Waals surface area contributed by atoms with Gasteiger partial charge >= 0.3 is 5.97 Å². The first-order chi connectivity index (χ1) is 15.3. The molecule has 4 saturated carbocycles. The Balaban J connectivity index is 1.28. The lowest BCUT2D eigenvalue weighted by Gasteiger charge is -2.58. The molecule has 1 aromatic rings. The van der Waals surface area contributed by atoms with Gasteiger partial charge in [0.1, 0.15) is 11.7 Å². The summed E-state index contributed by atoms with van der Waals surface area (Å²) >= 11 is 0. The first-order valence-corrected chi connectivity index (χ1v) is 12.5. The molecular weight excluding hydrogens is 402 g/mol. The fraction of sp³-hybridized carbons (Fsp3) is 0.704. The van der Waals surface area contributed by atoms with Gasteiger partial charge in [-0.05, 0) is 74.2 Å². The van der Waals surface area contributed by atoms with Crippen molar-refractivity contribution in [2.75, 3.05) is 0 Å². The summed E-state index contributed by atoms with van der Waals surface area (Å²) in [6, 6.07) is 5.67. The largest absolute Gasteiger partial charge is 0.618 e. The summed E-state index contributed by atoms with van der Waals surface area (Å²) in [4.78, 5) is 11.6. The molecule has 5 aliphatic rings. The number of ether oxygens (including phenoxy) is 2. The third kappa shape index (κ3) is 2.72. The van der Waals surface area contributed by atoms with E-state index in [0.29, 0.717) is 23.9 Å². The number of hydrogen-bond donors (Lipinski definition) is 0. The number of aromatic nitrogens is 1. The molecule has 0 unspecified atom stereocenters. The minimum atomic E-state index is -0.169. The highest BCUT2D eigenvalue weighted by molar-refractivity contribution is 5.66. The van der Waals surface area contributed by atoms with Gasteiger partial charge in [-0.25, -0.2) is 0 Å². The summed E-state index contributed by atoms with van der Waals surface area (Å²) in [5.41, 5.74) is 2.52. The van der Waals surface area contributed by atoms with Gasteiger partial charge in [-0.15, -0.1) is 0 Å². The van der Waals surface area contributed by atoms with Gasteiger partial charge in [0.15, 0.2) is 6.20 Å². The van der Waals surface area contributed by atoms with E-state index in [-0.39, 0.29) is 28.5 Å². The molecule has 5 heteroatoms. The zero-order valence-corrected chi connectivity index (χ0v) is 19.5. The number of pyridine rings is 1. The predicted molar refractivity (Wildman–Crippen MR) is 120 cm³/mol. The van der Waals surface area contributed by atoms with E-state index in [0.717, 1.165) is 42.5 Å². The molecule has 5 nitrogen and oxygen atoms in total. The highest BCUT2D eigenvalue weighted by Crippen LogP contribution is 2.74. The van der Waals surface area contributed by atoms with E-state index in [1.54, 1.807) is 12.3 Å². The molecule has 6 rings (SSSR count). The highest BCUT2D eigenvalue weighted by Gasteiger charge is 2.76. The van der Waals surface area contributed by atoms with E-state index in [2.05, 4.69) is 19.9 Å². The minimum absolute atomic E-state index is 0.0154. The van der Waals surface area contributed by atoms with Crippen LogP contribution in [0.15, 0.2) is 30.0 Å². The highest BCUT2D eigenvalue weighted by atomic mass is 16.6. The van der Waals surface area contributed by atoms with Crippen molar-refractivity contribution < 1.29 is 19.0 Å². The van der Waals surface area contributed by atoms with E-state index < -0.39 is 0 Å². The molecular formula is C27H35NO4. The van der Waals surface area contributed by atoms with Crippen molar-refractivity contribution in [3.8, 4) is 0 Å². The van der Waals surface area contributed by atoms with Gasteiger partial charge < -0.3 is 14.7 Å². The lowest BCUT2D eigenvalue weighted by atomic mass is 9.45. The van der Waals surface area contributed by atoms with Crippen LogP contribution in [0.3, 0.4) is 0 Å². The van der Waals surface area contributed by atoms with Crippen LogP contribution in [0.5, 0.6) is 0 Å². The molecule has 1 saturated heterocycles. The van der Waals surface area contributed by atoms with Crippen LogP contribution in [-0.4, -0.2) is 23.8 Å². The Labute approximate surface area is 190 Å². The summed E-state index contributed by atoms with van der Waals surface area (Å²) in [5.74, 6) is 1.86. The molecule has 4 aliphatic carbocycles. The summed E-state index contributed by atoms with van der Waals surface area (Å²) in [5, 5.41) is 12.3. The van der Waals surface area contributed by atoms with Gasteiger partial charge in [0.05, 0.1) is 6.10 Å². The SMILES string of the molecule is CC(=O)O[C@H]1CC[C@]2(C)[C@H]3CC[C@]4(C)/C(=C/c5cccc[n+]5[O-])CC[C@H]4[C@@H]3C[C@H]3O[C@]32C1. The Morgan fingerprint density at radius 2 is 2.06 bits per heavy atom. The summed E-state index contributed by atoms with van der Waals surface area (Å²) in [6.07, 6.45) is 12.9. The lowest BCUT2D eigenvalue weighted by Crippen LogP contribution is -2.58. The fourth-order valence-electron chi connectivity index (χ4n) is 8.79. The molecule has 0 bridgehead atoms. The van der Waals surface area contributed by atoms with E-state index in [1.807, 2.05) is 12.1 Å². The van der Waals surface area contributed by atoms with Crippen molar-refractivity contribution in [2.45, 2.75) is 89.9 Å². The molecule has 1 aromatic heterocycles. The maximum absolute atomic E-state index is 12.3. The normalized spacial score (nSPS) is 47.7. The Morgan fingerprint density at radius 3 is 2.84 bits per heavy atom. The minimum Gasteiger partial charge on any atom is -0.618 e. The summed E-state index contributed by atoms with van der Waals surface area (Å²) in [6.45, 7) is 6.46. The molecule has 1 aliphatic heterocycles. The van der Waals surface area contributed by atoms with Crippen LogP contribution in [0.4, 0.5) is 0 Å². The zero-order valence-electron chi connectivity index (χ0n) is 19.5. The predicted octanol–water partition coefficient (Wildman–Crippen LogP) is 4.81. The first kappa shape index (κ1) is 20.7. The maximum Gasteiger partial charge on any atom is 0.302 e. The van der Waals surface area contributed by atoms with Gasteiger partial charge in [-0.3, -0.25) is 4.79 Å². The van der Waals surface area contributed by atoms with Gasteiger partial charge in [0.25, 0.3) is 0 Å². The number of hydrogen-bond acceptors (Lipinski definition) is 4. The van der Waals surface area contributed by atoms with E-state index in [1.165, 1.54) is 31.8 Å². The topological polar surface area (TPSA) is 65.8 Å². The molecule has 0 radical (unpaired) electrons. The second-order valence-corrected chi connectivity index (χ2v) is 11.6. The number of esters is 1. The number of epoxide rings is 1. The molecule has 32 heavy (non-hydrogen) atoms. The van der Waals surface area contributed by atoms with Crippen LogP contribution < -0.4 is 4.73 Å². The molecule has 0 N–H and O–H groups in total. The van der Waals surface area contributed by atoms with Crippen LogP contribution in [0.25, 0.3) is 6.08 Å².